The molecule has 1 atom stereocenters. The Morgan fingerprint density at radius 2 is 1.86 bits per heavy atom. The Hall–Kier alpha value is -3.84. The maximum atomic E-state index is 13.2. The van der Waals surface area contributed by atoms with E-state index in [0.717, 1.165) is 54.5 Å². The minimum absolute atomic E-state index is 0.00893. The maximum absolute atomic E-state index is 13.2. The number of likely N-dealkylation sites (tertiary alicyclic amines) is 1. The molecule has 4 heterocycles. The van der Waals surface area contributed by atoms with Gasteiger partial charge < -0.3 is 14.2 Å². The smallest absolute Gasteiger partial charge is 0.258 e. The number of rotatable bonds is 5. The lowest BCUT2D eigenvalue weighted by Crippen LogP contribution is -2.46. The first-order chi connectivity index (χ1) is 18.0. The van der Waals surface area contributed by atoms with Crippen LogP contribution in [0.25, 0.3) is 16.6 Å². The summed E-state index contributed by atoms with van der Waals surface area (Å²) in [5.41, 5.74) is 5.30. The van der Waals surface area contributed by atoms with Crippen LogP contribution >= 0.6 is 0 Å². The number of carbonyl (C=O) groups is 1. The zero-order valence-corrected chi connectivity index (χ0v) is 21.4. The Labute approximate surface area is 216 Å². The molecule has 37 heavy (non-hydrogen) atoms. The standard InChI is InChI=1S/C30H32N4O3/c1-31-14-6-9-27(31)30(36)33-15-13-26-25(19-33)24-11-10-22(17-28(24)32(26)2)34-16-12-23(18-29(34)35)37-20-21-7-4-3-5-8-21/h3-5,7-8,10-12,16-18,27H,6,9,13-15,19-20H2,1-2H3/t27-/m1/s1. The fourth-order valence-electron chi connectivity index (χ4n) is 5.84. The minimum Gasteiger partial charge on any atom is -0.489 e. The number of aromatic nitrogens is 2. The predicted octanol–water partition coefficient (Wildman–Crippen LogP) is 3.89. The van der Waals surface area contributed by atoms with Gasteiger partial charge in [-0.25, -0.2) is 0 Å². The molecule has 2 aromatic heterocycles. The molecule has 1 fully saturated rings. The van der Waals surface area contributed by atoms with Crippen LogP contribution in [-0.4, -0.2) is 51.0 Å². The zero-order chi connectivity index (χ0) is 25.5. The first kappa shape index (κ1) is 23.6. The minimum atomic E-state index is -0.138. The van der Waals surface area contributed by atoms with Gasteiger partial charge in [-0.15, -0.1) is 0 Å². The average molecular weight is 497 g/mol. The van der Waals surface area contributed by atoms with E-state index in [0.29, 0.717) is 18.9 Å². The van der Waals surface area contributed by atoms with Crippen molar-refractivity contribution in [3.05, 3.63) is 94.0 Å². The van der Waals surface area contributed by atoms with E-state index in [-0.39, 0.29) is 17.5 Å². The zero-order valence-electron chi connectivity index (χ0n) is 21.4. The van der Waals surface area contributed by atoms with Gasteiger partial charge in [0, 0.05) is 55.5 Å². The molecule has 1 amide bonds. The number of hydrogen-bond donors (Lipinski definition) is 0. The lowest BCUT2D eigenvalue weighted by atomic mass is 10.0. The van der Waals surface area contributed by atoms with Gasteiger partial charge in [0.2, 0.25) is 5.91 Å². The van der Waals surface area contributed by atoms with Gasteiger partial charge in [-0.1, -0.05) is 36.4 Å². The fourth-order valence-corrected chi connectivity index (χ4v) is 5.84. The lowest BCUT2D eigenvalue weighted by Gasteiger charge is -2.32. The highest BCUT2D eigenvalue weighted by molar-refractivity contribution is 5.89. The molecule has 0 saturated carbocycles. The van der Waals surface area contributed by atoms with E-state index < -0.39 is 0 Å². The second-order valence-corrected chi connectivity index (χ2v) is 10.2. The molecule has 0 radical (unpaired) electrons. The predicted molar refractivity (Wildman–Crippen MR) is 144 cm³/mol. The van der Waals surface area contributed by atoms with E-state index in [2.05, 4.69) is 28.6 Å². The number of aryl methyl sites for hydroxylation is 1. The molecule has 2 aromatic carbocycles. The van der Waals surface area contributed by atoms with Crippen LogP contribution in [0.4, 0.5) is 0 Å². The Morgan fingerprint density at radius 3 is 2.62 bits per heavy atom. The first-order valence-electron chi connectivity index (χ1n) is 13.0. The van der Waals surface area contributed by atoms with Crippen LogP contribution in [0.5, 0.6) is 5.75 Å². The topological polar surface area (TPSA) is 59.7 Å². The normalized spacial score (nSPS) is 17.8. The van der Waals surface area contributed by atoms with E-state index in [1.165, 1.54) is 17.3 Å². The number of nitrogens with zero attached hydrogens (tertiary/aromatic N) is 4. The number of likely N-dealkylation sites (N-methyl/N-ethyl adjacent to an activating group) is 1. The number of fused-ring (bicyclic) bond motifs is 3. The molecule has 6 rings (SSSR count). The van der Waals surface area contributed by atoms with E-state index in [1.807, 2.05) is 54.4 Å². The number of amides is 1. The Balaban J connectivity index is 1.25. The van der Waals surface area contributed by atoms with Gasteiger partial charge in [0.1, 0.15) is 12.4 Å². The molecule has 0 unspecified atom stereocenters. The molecule has 2 aliphatic heterocycles. The molecule has 0 N–H and O–H groups in total. The van der Waals surface area contributed by atoms with Crippen LogP contribution in [0.3, 0.4) is 0 Å². The van der Waals surface area contributed by atoms with Crippen molar-refractivity contribution < 1.29 is 9.53 Å². The quantitative estimate of drug-likeness (QED) is 0.421. The van der Waals surface area contributed by atoms with E-state index in [9.17, 15) is 9.59 Å². The van der Waals surface area contributed by atoms with Gasteiger partial charge in [0.05, 0.1) is 17.2 Å². The average Bonchev–Trinajstić information content (AvgIpc) is 3.48. The molecule has 190 valence electrons. The van der Waals surface area contributed by atoms with Crippen LogP contribution in [0.2, 0.25) is 0 Å². The number of ether oxygens (including phenoxy) is 1. The van der Waals surface area contributed by atoms with Gasteiger partial charge >= 0.3 is 0 Å². The molecule has 7 nitrogen and oxygen atoms in total. The summed E-state index contributed by atoms with van der Waals surface area (Å²) < 4.78 is 9.70. The summed E-state index contributed by atoms with van der Waals surface area (Å²) in [6, 6.07) is 19.4. The largest absolute Gasteiger partial charge is 0.489 e. The summed E-state index contributed by atoms with van der Waals surface area (Å²) in [6.07, 6.45) is 4.64. The number of hydrogen-bond acceptors (Lipinski definition) is 4. The van der Waals surface area contributed by atoms with Crippen molar-refractivity contribution in [2.45, 2.75) is 38.5 Å². The Kier molecular flexibility index (Phi) is 6.08. The van der Waals surface area contributed by atoms with E-state index in [4.69, 9.17) is 4.74 Å². The third-order valence-corrected chi connectivity index (χ3v) is 7.92. The molecule has 7 heteroatoms. The molecular formula is C30H32N4O3. The van der Waals surface area contributed by atoms with Gasteiger partial charge in [-0.05, 0) is 50.2 Å². The molecular weight excluding hydrogens is 464 g/mol. The SMILES string of the molecule is CN1CCC[C@@H]1C(=O)N1CCc2c(c3ccc(-n4ccc(OCc5ccccc5)cc4=O)cc3n2C)C1. The molecule has 0 bridgehead atoms. The summed E-state index contributed by atoms with van der Waals surface area (Å²) in [6.45, 7) is 2.80. The Bertz CT molecular complexity index is 1520. The third-order valence-electron chi connectivity index (χ3n) is 7.92. The first-order valence-corrected chi connectivity index (χ1v) is 13.0. The van der Waals surface area contributed by atoms with Crippen LogP contribution in [0.15, 0.2) is 71.7 Å². The summed E-state index contributed by atoms with van der Waals surface area (Å²) in [5, 5.41) is 1.15. The van der Waals surface area contributed by atoms with Gasteiger partial charge in [0.15, 0.2) is 0 Å². The maximum Gasteiger partial charge on any atom is 0.258 e. The molecule has 0 spiro atoms. The van der Waals surface area contributed by atoms with Gasteiger partial charge in [-0.3, -0.25) is 19.1 Å². The van der Waals surface area contributed by atoms with Crippen molar-refractivity contribution in [1.82, 2.24) is 18.9 Å². The second-order valence-electron chi connectivity index (χ2n) is 10.2. The number of carbonyl (C=O) groups excluding carboxylic acids is 1. The third kappa shape index (κ3) is 4.33. The monoisotopic (exact) mass is 496 g/mol. The van der Waals surface area contributed by atoms with Crippen molar-refractivity contribution in [2.75, 3.05) is 20.1 Å². The summed E-state index contributed by atoms with van der Waals surface area (Å²) in [4.78, 5) is 30.4. The second kappa shape index (κ2) is 9.56. The summed E-state index contributed by atoms with van der Waals surface area (Å²) in [5.74, 6) is 0.804. The number of benzene rings is 2. The van der Waals surface area contributed by atoms with Crippen molar-refractivity contribution in [2.24, 2.45) is 7.05 Å². The lowest BCUT2D eigenvalue weighted by molar-refractivity contribution is -0.136. The van der Waals surface area contributed by atoms with Crippen molar-refractivity contribution >= 4 is 16.8 Å². The van der Waals surface area contributed by atoms with Crippen molar-refractivity contribution in [1.29, 1.82) is 0 Å². The van der Waals surface area contributed by atoms with Crippen LogP contribution in [0.1, 0.15) is 29.7 Å². The molecule has 1 saturated heterocycles. The van der Waals surface area contributed by atoms with Gasteiger partial charge in [0.25, 0.3) is 5.56 Å². The van der Waals surface area contributed by atoms with Crippen molar-refractivity contribution in [3.8, 4) is 11.4 Å². The van der Waals surface area contributed by atoms with Crippen molar-refractivity contribution in [3.63, 3.8) is 0 Å². The highest BCUT2D eigenvalue weighted by Crippen LogP contribution is 2.32. The highest BCUT2D eigenvalue weighted by atomic mass is 16.5. The van der Waals surface area contributed by atoms with E-state index in [1.54, 1.807) is 10.8 Å². The summed E-state index contributed by atoms with van der Waals surface area (Å²) >= 11 is 0. The molecule has 0 aliphatic carbocycles. The number of pyridine rings is 1. The fraction of sp³-hybridized carbons (Fsp3) is 0.333. The Morgan fingerprint density at radius 1 is 1.03 bits per heavy atom. The molecule has 2 aliphatic rings. The van der Waals surface area contributed by atoms with E-state index >= 15 is 0 Å². The molecule has 4 aromatic rings. The van der Waals surface area contributed by atoms with Gasteiger partial charge in [-0.2, -0.15) is 0 Å². The van der Waals surface area contributed by atoms with Crippen LogP contribution in [0, 0.1) is 0 Å². The van der Waals surface area contributed by atoms with Crippen LogP contribution in [-0.2, 0) is 31.4 Å². The summed E-state index contributed by atoms with van der Waals surface area (Å²) in [7, 11) is 4.13. The highest BCUT2D eigenvalue weighted by Gasteiger charge is 2.34. The van der Waals surface area contributed by atoms with Crippen LogP contribution < -0.4 is 10.3 Å².